The molecule has 8 nitrogen and oxygen atoms in total. The van der Waals surface area contributed by atoms with Crippen LogP contribution in [0.3, 0.4) is 0 Å². The Morgan fingerprint density at radius 3 is 1.96 bits per heavy atom. The molecular formula is C20H25N3O5. The van der Waals surface area contributed by atoms with Crippen LogP contribution in [-0.4, -0.2) is 60.0 Å². The number of carbonyl (C=O) groups excluding carboxylic acids is 3. The molecule has 2 unspecified atom stereocenters. The summed E-state index contributed by atoms with van der Waals surface area (Å²) in [6.07, 6.45) is 3.73. The van der Waals surface area contributed by atoms with Crippen molar-refractivity contribution in [1.29, 1.82) is 0 Å². The number of hydrogen-bond acceptors (Lipinski definition) is 5. The van der Waals surface area contributed by atoms with Gasteiger partial charge in [-0.3, -0.25) is 14.5 Å². The molecule has 0 aromatic heterocycles. The Morgan fingerprint density at radius 2 is 1.46 bits per heavy atom. The number of methoxy groups -OCH3 is 2. The number of hydrogen-bond donors (Lipinski definition) is 1. The molecule has 150 valence electrons. The van der Waals surface area contributed by atoms with Gasteiger partial charge in [-0.25, -0.2) is 4.79 Å². The standard InChI is InChI=1S/C20H25N3O5/c1-27-16-7-12(8-17(11-16)28-2)21-20(26)22-13-3-4-14(22)10-15(9-13)23-18(24)5-6-19(23)25/h7-8,11,13-15H,3-6,9-10H2,1-2H3,(H,21,26). The summed E-state index contributed by atoms with van der Waals surface area (Å²) >= 11 is 0. The van der Waals surface area contributed by atoms with Crippen molar-refractivity contribution >= 4 is 23.5 Å². The van der Waals surface area contributed by atoms with Gasteiger partial charge in [-0.2, -0.15) is 0 Å². The Labute approximate surface area is 163 Å². The van der Waals surface area contributed by atoms with Crippen LogP contribution in [0.4, 0.5) is 10.5 Å². The second kappa shape index (κ2) is 7.33. The Balaban J connectivity index is 1.47. The zero-order valence-corrected chi connectivity index (χ0v) is 16.1. The fraction of sp³-hybridized carbons (Fsp3) is 0.550. The molecule has 3 aliphatic heterocycles. The molecule has 28 heavy (non-hydrogen) atoms. The van der Waals surface area contributed by atoms with Crippen LogP contribution in [0.15, 0.2) is 18.2 Å². The molecule has 0 aliphatic carbocycles. The van der Waals surface area contributed by atoms with Gasteiger partial charge in [0.15, 0.2) is 0 Å². The zero-order valence-electron chi connectivity index (χ0n) is 16.1. The minimum absolute atomic E-state index is 0.0393. The molecule has 4 rings (SSSR count). The summed E-state index contributed by atoms with van der Waals surface area (Å²) in [4.78, 5) is 40.5. The highest BCUT2D eigenvalue weighted by molar-refractivity contribution is 6.02. The van der Waals surface area contributed by atoms with Crippen molar-refractivity contribution in [1.82, 2.24) is 9.80 Å². The Morgan fingerprint density at radius 1 is 0.929 bits per heavy atom. The predicted octanol–water partition coefficient (Wildman–Crippen LogP) is 2.38. The second-order valence-electron chi connectivity index (χ2n) is 7.61. The van der Waals surface area contributed by atoms with Crippen LogP contribution in [0.1, 0.15) is 38.5 Å². The van der Waals surface area contributed by atoms with E-state index < -0.39 is 0 Å². The van der Waals surface area contributed by atoms with Gasteiger partial charge in [0, 0.05) is 54.9 Å². The maximum atomic E-state index is 13.0. The lowest BCUT2D eigenvalue weighted by Gasteiger charge is -2.41. The summed E-state index contributed by atoms with van der Waals surface area (Å²) in [6, 6.07) is 5.07. The molecule has 3 fully saturated rings. The minimum atomic E-state index is -0.166. The molecule has 1 N–H and O–H groups in total. The second-order valence-corrected chi connectivity index (χ2v) is 7.61. The van der Waals surface area contributed by atoms with Crippen LogP contribution in [0, 0.1) is 0 Å². The lowest BCUT2D eigenvalue weighted by atomic mass is 9.96. The molecule has 2 bridgehead atoms. The smallest absolute Gasteiger partial charge is 0.322 e. The van der Waals surface area contributed by atoms with E-state index in [4.69, 9.17) is 9.47 Å². The lowest BCUT2D eigenvalue weighted by Crippen LogP contribution is -2.54. The first-order chi connectivity index (χ1) is 13.5. The molecule has 3 heterocycles. The summed E-state index contributed by atoms with van der Waals surface area (Å²) in [5.74, 6) is 1.05. The number of likely N-dealkylation sites (tertiary alicyclic amines) is 1. The summed E-state index contributed by atoms with van der Waals surface area (Å²) in [5.41, 5.74) is 0.604. The number of fused-ring (bicyclic) bond motifs is 2. The Bertz CT molecular complexity index is 759. The number of nitrogens with one attached hydrogen (secondary N) is 1. The third kappa shape index (κ3) is 3.27. The highest BCUT2D eigenvalue weighted by Gasteiger charge is 2.47. The number of benzene rings is 1. The van der Waals surface area contributed by atoms with Crippen LogP contribution >= 0.6 is 0 Å². The van der Waals surface area contributed by atoms with E-state index in [-0.39, 0.29) is 36.0 Å². The average Bonchev–Trinajstić information content (AvgIpc) is 3.16. The van der Waals surface area contributed by atoms with Gasteiger partial charge in [0.2, 0.25) is 11.8 Å². The molecular weight excluding hydrogens is 362 g/mol. The van der Waals surface area contributed by atoms with E-state index in [2.05, 4.69) is 5.32 Å². The van der Waals surface area contributed by atoms with Gasteiger partial charge < -0.3 is 19.7 Å². The van der Waals surface area contributed by atoms with Gasteiger partial charge in [-0.15, -0.1) is 0 Å². The largest absolute Gasteiger partial charge is 0.497 e. The number of imide groups is 1. The van der Waals surface area contributed by atoms with Crippen LogP contribution in [0.2, 0.25) is 0 Å². The maximum Gasteiger partial charge on any atom is 0.322 e. The summed E-state index contributed by atoms with van der Waals surface area (Å²) in [5, 5.41) is 2.94. The third-order valence-electron chi connectivity index (χ3n) is 6.00. The van der Waals surface area contributed by atoms with Gasteiger partial charge in [0.05, 0.1) is 14.2 Å². The van der Waals surface area contributed by atoms with E-state index >= 15 is 0 Å². The highest BCUT2D eigenvalue weighted by Crippen LogP contribution is 2.39. The van der Waals surface area contributed by atoms with E-state index in [0.29, 0.717) is 42.9 Å². The van der Waals surface area contributed by atoms with Gasteiger partial charge in [0.1, 0.15) is 11.5 Å². The molecule has 1 aromatic carbocycles. The lowest BCUT2D eigenvalue weighted by molar-refractivity contribution is -0.142. The van der Waals surface area contributed by atoms with Crippen molar-refractivity contribution in [2.24, 2.45) is 0 Å². The SMILES string of the molecule is COc1cc(NC(=O)N2C3CCC2CC(N2C(=O)CCC2=O)C3)cc(OC)c1. The van der Waals surface area contributed by atoms with Crippen molar-refractivity contribution < 1.29 is 23.9 Å². The number of piperidine rings is 1. The Kier molecular flexibility index (Phi) is 4.87. The summed E-state index contributed by atoms with van der Waals surface area (Å²) < 4.78 is 10.5. The van der Waals surface area contributed by atoms with Crippen molar-refractivity contribution in [3.05, 3.63) is 18.2 Å². The molecule has 3 aliphatic rings. The van der Waals surface area contributed by atoms with Gasteiger partial charge in [0.25, 0.3) is 0 Å². The monoisotopic (exact) mass is 387 g/mol. The predicted molar refractivity (Wildman–Crippen MR) is 101 cm³/mol. The van der Waals surface area contributed by atoms with Crippen LogP contribution < -0.4 is 14.8 Å². The number of urea groups is 1. The molecule has 0 saturated carbocycles. The van der Waals surface area contributed by atoms with E-state index in [1.165, 1.54) is 4.90 Å². The van der Waals surface area contributed by atoms with Crippen LogP contribution in [0.5, 0.6) is 11.5 Å². The van der Waals surface area contributed by atoms with E-state index in [0.717, 1.165) is 12.8 Å². The molecule has 2 atom stereocenters. The maximum absolute atomic E-state index is 13.0. The van der Waals surface area contributed by atoms with Crippen LogP contribution in [0.25, 0.3) is 0 Å². The van der Waals surface area contributed by atoms with Gasteiger partial charge in [-0.1, -0.05) is 0 Å². The van der Waals surface area contributed by atoms with E-state index in [1.807, 2.05) is 4.90 Å². The van der Waals surface area contributed by atoms with Crippen molar-refractivity contribution in [2.45, 2.75) is 56.7 Å². The van der Waals surface area contributed by atoms with Gasteiger partial charge in [-0.05, 0) is 25.7 Å². The van der Waals surface area contributed by atoms with Crippen molar-refractivity contribution in [3.8, 4) is 11.5 Å². The fourth-order valence-corrected chi connectivity index (χ4v) is 4.76. The number of anilines is 1. The van der Waals surface area contributed by atoms with Crippen LogP contribution in [-0.2, 0) is 9.59 Å². The number of carbonyl (C=O) groups is 3. The third-order valence-corrected chi connectivity index (χ3v) is 6.00. The van der Waals surface area contributed by atoms with E-state index in [9.17, 15) is 14.4 Å². The quantitative estimate of drug-likeness (QED) is 0.802. The number of nitrogens with zero attached hydrogens (tertiary/aromatic N) is 2. The average molecular weight is 387 g/mol. The number of rotatable bonds is 4. The highest BCUT2D eigenvalue weighted by atomic mass is 16.5. The van der Waals surface area contributed by atoms with Gasteiger partial charge >= 0.3 is 6.03 Å². The molecule has 0 radical (unpaired) electrons. The first-order valence-corrected chi connectivity index (χ1v) is 9.67. The Hall–Kier alpha value is -2.77. The summed E-state index contributed by atoms with van der Waals surface area (Å²) in [7, 11) is 3.12. The molecule has 4 amide bonds. The number of amides is 4. The first-order valence-electron chi connectivity index (χ1n) is 9.67. The molecule has 3 saturated heterocycles. The first kappa shape index (κ1) is 18.6. The summed E-state index contributed by atoms with van der Waals surface area (Å²) in [6.45, 7) is 0. The van der Waals surface area contributed by atoms with E-state index in [1.54, 1.807) is 32.4 Å². The minimum Gasteiger partial charge on any atom is -0.497 e. The number of ether oxygens (including phenoxy) is 2. The fourth-order valence-electron chi connectivity index (χ4n) is 4.76. The topological polar surface area (TPSA) is 88.2 Å². The normalized spacial score (nSPS) is 26.6. The van der Waals surface area contributed by atoms with Crippen molar-refractivity contribution in [3.63, 3.8) is 0 Å². The molecule has 0 spiro atoms. The zero-order chi connectivity index (χ0) is 19.8. The molecule has 1 aromatic rings. The van der Waals surface area contributed by atoms with Crippen molar-refractivity contribution in [2.75, 3.05) is 19.5 Å². The molecule has 8 heteroatoms.